The van der Waals surface area contributed by atoms with Gasteiger partial charge in [0.2, 0.25) is 10.0 Å². The van der Waals surface area contributed by atoms with Crippen molar-refractivity contribution in [2.75, 3.05) is 13.1 Å². The summed E-state index contributed by atoms with van der Waals surface area (Å²) in [5.41, 5.74) is 2.58. The van der Waals surface area contributed by atoms with E-state index in [2.05, 4.69) is 14.9 Å². The Morgan fingerprint density at radius 3 is 2.72 bits per heavy atom. The Labute approximate surface area is 147 Å². The number of amides is 1. The van der Waals surface area contributed by atoms with E-state index in [9.17, 15) is 13.2 Å². The molecule has 1 aliphatic rings. The lowest BCUT2D eigenvalue weighted by atomic mass is 10.1. The fourth-order valence-corrected chi connectivity index (χ4v) is 3.93. The molecule has 7 nitrogen and oxygen atoms in total. The minimum atomic E-state index is -3.54. The maximum absolute atomic E-state index is 12.6. The number of hydrogen-bond donors (Lipinski definition) is 2. The number of rotatable bonds is 5. The van der Waals surface area contributed by atoms with Crippen molar-refractivity contribution in [1.82, 2.24) is 19.8 Å². The highest BCUT2D eigenvalue weighted by Crippen LogP contribution is 2.19. The lowest BCUT2D eigenvalue weighted by Crippen LogP contribution is -2.35. The summed E-state index contributed by atoms with van der Waals surface area (Å²) in [6, 6.07) is 6.08. The number of carbonyl (C=O) groups excluding carboxylic acids is 1. The number of H-pyrrole nitrogens is 1. The van der Waals surface area contributed by atoms with Gasteiger partial charge < -0.3 is 4.90 Å². The van der Waals surface area contributed by atoms with Gasteiger partial charge in [0, 0.05) is 42.9 Å². The number of aromatic amines is 1. The molecule has 0 fully saturated rings. The van der Waals surface area contributed by atoms with Crippen molar-refractivity contribution in [3.05, 3.63) is 47.3 Å². The molecule has 8 heteroatoms. The Morgan fingerprint density at radius 2 is 2.04 bits per heavy atom. The molecule has 0 spiro atoms. The third-order valence-corrected chi connectivity index (χ3v) is 5.62. The van der Waals surface area contributed by atoms with E-state index >= 15 is 0 Å². The first-order valence-electron chi connectivity index (χ1n) is 8.27. The molecule has 3 rings (SSSR count). The second kappa shape index (κ2) is 6.97. The van der Waals surface area contributed by atoms with Crippen molar-refractivity contribution >= 4 is 15.9 Å². The normalized spacial score (nSPS) is 14.6. The second-order valence-electron chi connectivity index (χ2n) is 6.62. The Kier molecular flexibility index (Phi) is 4.91. The predicted octanol–water partition coefficient (Wildman–Crippen LogP) is 1.54. The topological polar surface area (TPSA) is 95.2 Å². The molecule has 1 aliphatic heterocycles. The zero-order valence-corrected chi connectivity index (χ0v) is 15.1. The number of aromatic nitrogens is 2. The van der Waals surface area contributed by atoms with Gasteiger partial charge in [0.25, 0.3) is 5.91 Å². The number of fused-ring (bicyclic) bond motifs is 1. The summed E-state index contributed by atoms with van der Waals surface area (Å²) in [5, 5.41) is 6.94. The van der Waals surface area contributed by atoms with Crippen molar-refractivity contribution in [2.45, 2.75) is 31.7 Å². The monoisotopic (exact) mass is 362 g/mol. The highest BCUT2D eigenvalue weighted by atomic mass is 32.2. The van der Waals surface area contributed by atoms with Gasteiger partial charge in [0.05, 0.1) is 11.1 Å². The fraction of sp³-hybridized carbons (Fsp3) is 0.412. The molecule has 0 bridgehead atoms. The van der Waals surface area contributed by atoms with Crippen LogP contribution in [0.25, 0.3) is 0 Å². The van der Waals surface area contributed by atoms with Crippen LogP contribution in [0.1, 0.15) is 35.5 Å². The van der Waals surface area contributed by atoms with Crippen molar-refractivity contribution in [1.29, 1.82) is 0 Å². The van der Waals surface area contributed by atoms with E-state index < -0.39 is 10.0 Å². The number of benzene rings is 1. The molecule has 1 aromatic heterocycles. The molecule has 0 atom stereocenters. The lowest BCUT2D eigenvalue weighted by Gasteiger charge is -2.26. The van der Waals surface area contributed by atoms with Gasteiger partial charge in [0.15, 0.2) is 0 Å². The number of hydrogen-bond acceptors (Lipinski definition) is 4. The molecule has 0 saturated heterocycles. The van der Waals surface area contributed by atoms with Crippen LogP contribution in [0.3, 0.4) is 0 Å². The van der Waals surface area contributed by atoms with Crippen LogP contribution in [0.5, 0.6) is 0 Å². The van der Waals surface area contributed by atoms with Crippen LogP contribution in [0.2, 0.25) is 0 Å². The van der Waals surface area contributed by atoms with Crippen molar-refractivity contribution in [2.24, 2.45) is 5.92 Å². The van der Waals surface area contributed by atoms with Crippen molar-refractivity contribution < 1.29 is 13.2 Å². The molecule has 1 aromatic carbocycles. The van der Waals surface area contributed by atoms with E-state index in [1.807, 2.05) is 13.8 Å². The average molecular weight is 362 g/mol. The highest BCUT2D eigenvalue weighted by molar-refractivity contribution is 7.89. The van der Waals surface area contributed by atoms with Gasteiger partial charge in [0.1, 0.15) is 0 Å². The maximum atomic E-state index is 12.6. The molecular formula is C17H22N4O3S. The Bertz CT molecular complexity index is 856. The van der Waals surface area contributed by atoms with Crippen LogP contribution in [-0.2, 0) is 23.0 Å². The molecule has 2 heterocycles. The molecule has 0 aliphatic carbocycles. The standard InChI is InChI=1S/C17H22N4O3S/c1-12(2)9-19-25(23,24)15-5-3-13(4-6-15)17(22)21-8-7-16-14(11-21)10-18-20-16/h3-6,10,12,19H,7-9,11H2,1-2H3,(H,18,20). The molecule has 2 aromatic rings. The van der Waals surface area contributed by atoms with Crippen molar-refractivity contribution in [3.63, 3.8) is 0 Å². The molecule has 2 N–H and O–H groups in total. The van der Waals surface area contributed by atoms with Crippen LogP contribution in [0.4, 0.5) is 0 Å². The fourth-order valence-electron chi connectivity index (χ4n) is 2.71. The summed E-state index contributed by atoms with van der Waals surface area (Å²) in [7, 11) is -3.54. The van der Waals surface area contributed by atoms with Crippen LogP contribution >= 0.6 is 0 Å². The Hall–Kier alpha value is -2.19. The van der Waals surface area contributed by atoms with Crippen LogP contribution in [0.15, 0.2) is 35.4 Å². The van der Waals surface area contributed by atoms with Crippen LogP contribution in [0, 0.1) is 5.92 Å². The van der Waals surface area contributed by atoms with E-state index in [1.165, 1.54) is 12.1 Å². The number of carbonyl (C=O) groups is 1. The lowest BCUT2D eigenvalue weighted by molar-refractivity contribution is 0.0734. The van der Waals surface area contributed by atoms with Gasteiger partial charge in [-0.1, -0.05) is 13.8 Å². The van der Waals surface area contributed by atoms with Crippen LogP contribution in [-0.4, -0.2) is 42.5 Å². The van der Waals surface area contributed by atoms with E-state index in [4.69, 9.17) is 0 Å². The molecule has 0 unspecified atom stereocenters. The first-order chi connectivity index (χ1) is 11.9. The third kappa shape index (κ3) is 3.91. The van der Waals surface area contributed by atoms with Gasteiger partial charge in [-0.2, -0.15) is 5.10 Å². The summed E-state index contributed by atoms with van der Waals surface area (Å²) < 4.78 is 27.0. The molecule has 0 radical (unpaired) electrons. The number of nitrogens with zero attached hydrogens (tertiary/aromatic N) is 2. The smallest absolute Gasteiger partial charge is 0.254 e. The van der Waals surface area contributed by atoms with Gasteiger partial charge in [-0.05, 0) is 30.2 Å². The maximum Gasteiger partial charge on any atom is 0.254 e. The Balaban J connectivity index is 1.71. The summed E-state index contributed by atoms with van der Waals surface area (Å²) in [4.78, 5) is 14.6. The number of nitrogens with one attached hydrogen (secondary N) is 2. The molecule has 134 valence electrons. The largest absolute Gasteiger partial charge is 0.334 e. The van der Waals surface area contributed by atoms with Gasteiger partial charge in [-0.3, -0.25) is 9.89 Å². The molecule has 25 heavy (non-hydrogen) atoms. The van der Waals surface area contributed by atoms with Crippen LogP contribution < -0.4 is 4.72 Å². The zero-order valence-electron chi connectivity index (χ0n) is 14.3. The van der Waals surface area contributed by atoms with E-state index in [-0.39, 0.29) is 16.7 Å². The molecule has 0 saturated carbocycles. The molecule has 1 amide bonds. The van der Waals surface area contributed by atoms with Crippen molar-refractivity contribution in [3.8, 4) is 0 Å². The minimum absolute atomic E-state index is 0.106. The number of sulfonamides is 1. The quantitative estimate of drug-likeness (QED) is 0.843. The van der Waals surface area contributed by atoms with E-state index in [0.717, 1.165) is 17.7 Å². The zero-order chi connectivity index (χ0) is 18.0. The average Bonchev–Trinajstić information content (AvgIpc) is 3.07. The minimum Gasteiger partial charge on any atom is -0.334 e. The SMILES string of the molecule is CC(C)CNS(=O)(=O)c1ccc(C(=O)N2CCc3[nH]ncc3C2)cc1. The summed E-state index contributed by atoms with van der Waals surface area (Å²) in [6.07, 6.45) is 2.48. The predicted molar refractivity (Wildman–Crippen MR) is 93.5 cm³/mol. The first kappa shape index (κ1) is 17.6. The van der Waals surface area contributed by atoms with E-state index in [1.54, 1.807) is 23.2 Å². The van der Waals surface area contributed by atoms with Gasteiger partial charge in [-0.25, -0.2) is 13.1 Å². The molecular weight excluding hydrogens is 340 g/mol. The summed E-state index contributed by atoms with van der Waals surface area (Å²) >= 11 is 0. The summed E-state index contributed by atoms with van der Waals surface area (Å²) in [6.45, 7) is 5.39. The summed E-state index contributed by atoms with van der Waals surface area (Å²) in [5.74, 6) is 0.119. The van der Waals surface area contributed by atoms with E-state index in [0.29, 0.717) is 25.2 Å². The van der Waals surface area contributed by atoms with Gasteiger partial charge >= 0.3 is 0 Å². The third-order valence-electron chi connectivity index (χ3n) is 4.18. The van der Waals surface area contributed by atoms with Gasteiger partial charge in [-0.15, -0.1) is 0 Å². The second-order valence-corrected chi connectivity index (χ2v) is 8.39. The Morgan fingerprint density at radius 1 is 1.32 bits per heavy atom. The first-order valence-corrected chi connectivity index (χ1v) is 9.75. The highest BCUT2D eigenvalue weighted by Gasteiger charge is 2.23.